The summed E-state index contributed by atoms with van der Waals surface area (Å²) in [7, 11) is -3.69. The maximum Gasteiger partial charge on any atom is 0.242 e. The van der Waals surface area contributed by atoms with Crippen molar-refractivity contribution in [1.82, 2.24) is 9.71 Å². The molecular formula is C11H17ClFN3O2S. The number of sulfonamides is 1. The Balaban J connectivity index is 0.00000180. The molecule has 108 valence electrons. The minimum Gasteiger partial charge on any atom is -0.328 e. The molecule has 0 aromatic carbocycles. The van der Waals surface area contributed by atoms with E-state index in [-0.39, 0.29) is 29.4 Å². The van der Waals surface area contributed by atoms with Gasteiger partial charge in [0.1, 0.15) is 10.7 Å². The molecule has 1 aliphatic carbocycles. The van der Waals surface area contributed by atoms with Crippen molar-refractivity contribution in [2.45, 2.75) is 42.7 Å². The molecule has 0 radical (unpaired) electrons. The van der Waals surface area contributed by atoms with E-state index < -0.39 is 15.8 Å². The van der Waals surface area contributed by atoms with E-state index >= 15 is 0 Å². The highest BCUT2D eigenvalue weighted by Crippen LogP contribution is 2.19. The number of nitrogens with one attached hydrogen (secondary N) is 1. The zero-order valence-electron chi connectivity index (χ0n) is 10.3. The third-order valence-corrected chi connectivity index (χ3v) is 4.57. The van der Waals surface area contributed by atoms with Crippen LogP contribution >= 0.6 is 12.4 Å². The second-order valence-corrected chi connectivity index (χ2v) is 6.29. The highest BCUT2D eigenvalue weighted by Gasteiger charge is 2.24. The van der Waals surface area contributed by atoms with Gasteiger partial charge in [0, 0.05) is 18.3 Å². The number of halogens is 2. The number of pyridine rings is 1. The Labute approximate surface area is 118 Å². The molecule has 19 heavy (non-hydrogen) atoms. The van der Waals surface area contributed by atoms with Gasteiger partial charge < -0.3 is 5.73 Å². The molecule has 0 amide bonds. The Morgan fingerprint density at radius 3 is 2.47 bits per heavy atom. The molecule has 0 unspecified atom stereocenters. The van der Waals surface area contributed by atoms with Gasteiger partial charge in [-0.1, -0.05) is 0 Å². The molecule has 2 rings (SSSR count). The molecule has 1 heterocycles. The SMILES string of the molecule is Cl.NC1CCC(NS(=O)(=O)c2cncc(F)c2)CC1. The van der Waals surface area contributed by atoms with E-state index in [2.05, 4.69) is 9.71 Å². The van der Waals surface area contributed by atoms with Gasteiger partial charge in [-0.05, 0) is 31.7 Å². The normalized spacial score (nSPS) is 23.7. The molecule has 0 saturated heterocycles. The molecule has 1 aromatic rings. The number of nitrogens with two attached hydrogens (primary N) is 1. The Kier molecular flexibility index (Phi) is 5.66. The Morgan fingerprint density at radius 2 is 1.89 bits per heavy atom. The molecule has 8 heteroatoms. The molecule has 5 nitrogen and oxygen atoms in total. The van der Waals surface area contributed by atoms with Gasteiger partial charge >= 0.3 is 0 Å². The van der Waals surface area contributed by atoms with Gasteiger partial charge in [-0.15, -0.1) is 12.4 Å². The van der Waals surface area contributed by atoms with Crippen LogP contribution in [0.2, 0.25) is 0 Å². The van der Waals surface area contributed by atoms with Crippen LogP contribution in [0.3, 0.4) is 0 Å². The molecule has 0 aliphatic heterocycles. The third-order valence-electron chi connectivity index (χ3n) is 3.08. The summed E-state index contributed by atoms with van der Waals surface area (Å²) >= 11 is 0. The van der Waals surface area contributed by atoms with E-state index in [1.54, 1.807) is 0 Å². The predicted octanol–water partition coefficient (Wildman–Crippen LogP) is 1.19. The van der Waals surface area contributed by atoms with Crippen LogP contribution in [-0.4, -0.2) is 25.5 Å². The fourth-order valence-corrected chi connectivity index (χ4v) is 3.34. The maximum absolute atomic E-state index is 13.0. The van der Waals surface area contributed by atoms with Crippen molar-refractivity contribution in [2.24, 2.45) is 5.73 Å². The van der Waals surface area contributed by atoms with E-state index in [9.17, 15) is 12.8 Å². The highest BCUT2D eigenvalue weighted by molar-refractivity contribution is 7.89. The molecule has 0 atom stereocenters. The second kappa shape index (κ2) is 6.60. The maximum atomic E-state index is 13.0. The molecule has 0 bridgehead atoms. The Hall–Kier alpha value is -0.760. The van der Waals surface area contributed by atoms with Gasteiger partial charge in [0.2, 0.25) is 10.0 Å². The number of hydrogen-bond donors (Lipinski definition) is 2. The van der Waals surface area contributed by atoms with Gasteiger partial charge in [-0.25, -0.2) is 17.5 Å². The number of nitrogens with zero attached hydrogens (tertiary/aromatic N) is 1. The van der Waals surface area contributed by atoms with E-state index in [1.165, 1.54) is 0 Å². The lowest BCUT2D eigenvalue weighted by Gasteiger charge is -2.26. The topological polar surface area (TPSA) is 85.1 Å². The first-order valence-electron chi connectivity index (χ1n) is 5.86. The number of aromatic nitrogens is 1. The zero-order valence-corrected chi connectivity index (χ0v) is 11.9. The highest BCUT2D eigenvalue weighted by atomic mass is 35.5. The summed E-state index contributed by atoms with van der Waals surface area (Å²) in [4.78, 5) is 3.40. The standard InChI is InChI=1S/C11H16FN3O2S.ClH/c12-8-5-11(7-14-6-8)18(16,17)15-10-3-1-9(13)2-4-10;/h5-7,9-10,15H,1-4,13H2;1H. The van der Waals surface area contributed by atoms with Crippen LogP contribution in [0, 0.1) is 5.82 Å². The van der Waals surface area contributed by atoms with Crippen LogP contribution in [0.4, 0.5) is 4.39 Å². The van der Waals surface area contributed by atoms with Gasteiger partial charge in [-0.2, -0.15) is 0 Å². The van der Waals surface area contributed by atoms with Crippen molar-refractivity contribution in [1.29, 1.82) is 0 Å². The minimum absolute atomic E-state index is 0. The molecular weight excluding hydrogens is 293 g/mol. The summed E-state index contributed by atoms with van der Waals surface area (Å²) in [5.74, 6) is -0.663. The summed E-state index contributed by atoms with van der Waals surface area (Å²) in [6.07, 6.45) is 5.13. The lowest BCUT2D eigenvalue weighted by Crippen LogP contribution is -2.40. The van der Waals surface area contributed by atoms with Crippen molar-refractivity contribution in [2.75, 3.05) is 0 Å². The van der Waals surface area contributed by atoms with Gasteiger partial charge in [0.05, 0.1) is 6.20 Å². The second-order valence-electron chi connectivity index (χ2n) is 4.57. The first kappa shape index (κ1) is 16.3. The minimum atomic E-state index is -3.69. The fraction of sp³-hybridized carbons (Fsp3) is 0.545. The third kappa shape index (κ3) is 4.38. The van der Waals surface area contributed by atoms with Crippen molar-refractivity contribution < 1.29 is 12.8 Å². The summed E-state index contributed by atoms with van der Waals surface area (Å²) in [6.45, 7) is 0. The average molecular weight is 310 g/mol. The van der Waals surface area contributed by atoms with Crippen LogP contribution in [0.5, 0.6) is 0 Å². The van der Waals surface area contributed by atoms with Gasteiger partial charge in [0.15, 0.2) is 0 Å². The quantitative estimate of drug-likeness (QED) is 0.878. The Morgan fingerprint density at radius 1 is 1.26 bits per heavy atom. The van der Waals surface area contributed by atoms with Gasteiger partial charge in [-0.3, -0.25) is 4.98 Å². The molecule has 1 aromatic heterocycles. The summed E-state index contributed by atoms with van der Waals surface area (Å²) < 4.78 is 39.5. The molecule has 1 fully saturated rings. The molecule has 1 aliphatic rings. The predicted molar refractivity (Wildman–Crippen MR) is 72.0 cm³/mol. The molecule has 0 spiro atoms. The van der Waals surface area contributed by atoms with E-state index in [4.69, 9.17) is 5.73 Å². The van der Waals surface area contributed by atoms with Gasteiger partial charge in [0.25, 0.3) is 0 Å². The molecule has 3 N–H and O–H groups in total. The first-order chi connectivity index (χ1) is 8.47. The van der Waals surface area contributed by atoms with Crippen molar-refractivity contribution >= 4 is 22.4 Å². The number of hydrogen-bond acceptors (Lipinski definition) is 4. The van der Waals surface area contributed by atoms with Crippen LogP contribution in [0.1, 0.15) is 25.7 Å². The average Bonchev–Trinajstić information content (AvgIpc) is 2.32. The van der Waals surface area contributed by atoms with Crippen LogP contribution < -0.4 is 10.5 Å². The fourth-order valence-electron chi connectivity index (χ4n) is 2.06. The Bertz CT molecular complexity index is 518. The lowest BCUT2D eigenvalue weighted by atomic mass is 9.93. The number of rotatable bonds is 3. The summed E-state index contributed by atoms with van der Waals surface area (Å²) in [6, 6.07) is 0.990. The van der Waals surface area contributed by atoms with E-state index in [0.29, 0.717) is 12.8 Å². The smallest absolute Gasteiger partial charge is 0.242 e. The van der Waals surface area contributed by atoms with Crippen LogP contribution in [0.15, 0.2) is 23.4 Å². The summed E-state index contributed by atoms with van der Waals surface area (Å²) in [5.41, 5.74) is 5.75. The monoisotopic (exact) mass is 309 g/mol. The van der Waals surface area contributed by atoms with E-state index in [0.717, 1.165) is 31.3 Å². The lowest BCUT2D eigenvalue weighted by molar-refractivity contribution is 0.373. The van der Waals surface area contributed by atoms with E-state index in [1.807, 2.05) is 0 Å². The van der Waals surface area contributed by atoms with Crippen molar-refractivity contribution in [3.63, 3.8) is 0 Å². The largest absolute Gasteiger partial charge is 0.328 e. The van der Waals surface area contributed by atoms with Crippen LogP contribution in [0.25, 0.3) is 0 Å². The van der Waals surface area contributed by atoms with Crippen molar-refractivity contribution in [3.05, 3.63) is 24.3 Å². The van der Waals surface area contributed by atoms with Crippen LogP contribution in [-0.2, 0) is 10.0 Å². The zero-order chi connectivity index (χ0) is 13.2. The first-order valence-corrected chi connectivity index (χ1v) is 7.34. The molecule has 1 saturated carbocycles. The van der Waals surface area contributed by atoms with Crippen molar-refractivity contribution in [3.8, 4) is 0 Å². The summed E-state index contributed by atoms with van der Waals surface area (Å²) in [5, 5.41) is 0.